The number of unbranched alkanes of at least 4 members (excludes halogenated alkanes) is 18. The summed E-state index contributed by atoms with van der Waals surface area (Å²) in [5, 5.41) is 6.09. The van der Waals surface area contributed by atoms with Crippen LogP contribution in [-0.4, -0.2) is 24.9 Å². The third kappa shape index (κ3) is 18.3. The quantitative estimate of drug-likeness (QED) is 0.0616. The first-order chi connectivity index (χ1) is 18.1. The molecule has 4 nitrogen and oxygen atoms in total. The van der Waals surface area contributed by atoms with Gasteiger partial charge in [0, 0.05) is 13.1 Å². The predicted molar refractivity (Wildman–Crippen MR) is 162 cm³/mol. The molecule has 0 rings (SSSR count). The zero-order chi connectivity index (χ0) is 27.5. The second-order valence-electron chi connectivity index (χ2n) is 10.9. The third-order valence-electron chi connectivity index (χ3n) is 7.49. The van der Waals surface area contributed by atoms with Crippen LogP contribution in [0, 0.1) is 5.41 Å². The smallest absolute Gasteiger partial charge is 0.236 e. The summed E-state index contributed by atoms with van der Waals surface area (Å²) in [5.74, 6) is -0.382. The average molecular weight is 519 g/mol. The van der Waals surface area contributed by atoms with E-state index in [1.54, 1.807) is 12.2 Å². The van der Waals surface area contributed by atoms with E-state index in [4.69, 9.17) is 0 Å². The van der Waals surface area contributed by atoms with Crippen molar-refractivity contribution in [2.75, 3.05) is 13.1 Å². The minimum atomic E-state index is -1.14. The van der Waals surface area contributed by atoms with Crippen LogP contribution in [0.1, 0.15) is 155 Å². The van der Waals surface area contributed by atoms with Gasteiger partial charge in [0.2, 0.25) is 11.8 Å². The zero-order valence-electron chi connectivity index (χ0n) is 24.9. The Morgan fingerprint density at radius 3 is 1.05 bits per heavy atom. The highest BCUT2D eigenvalue weighted by molar-refractivity contribution is 6.05. The molecule has 0 unspecified atom stereocenters. The van der Waals surface area contributed by atoms with Crippen molar-refractivity contribution in [2.45, 2.75) is 155 Å². The lowest BCUT2D eigenvalue weighted by atomic mass is 9.79. The van der Waals surface area contributed by atoms with E-state index in [0.717, 1.165) is 25.7 Å². The Morgan fingerprint density at radius 2 is 0.784 bits per heavy atom. The molecule has 37 heavy (non-hydrogen) atoms. The van der Waals surface area contributed by atoms with E-state index >= 15 is 0 Å². The second-order valence-corrected chi connectivity index (χ2v) is 10.9. The van der Waals surface area contributed by atoms with Gasteiger partial charge in [-0.15, -0.1) is 13.2 Å². The molecule has 2 N–H and O–H groups in total. The Kier molecular flexibility index (Phi) is 24.9. The van der Waals surface area contributed by atoms with Crippen LogP contribution in [0.25, 0.3) is 0 Å². The van der Waals surface area contributed by atoms with Crippen LogP contribution in [0.4, 0.5) is 0 Å². The Morgan fingerprint density at radius 1 is 0.514 bits per heavy atom. The van der Waals surface area contributed by atoms with Gasteiger partial charge in [0.1, 0.15) is 5.41 Å². The van der Waals surface area contributed by atoms with Gasteiger partial charge in [0.15, 0.2) is 0 Å². The molecule has 0 spiro atoms. The van der Waals surface area contributed by atoms with E-state index in [9.17, 15) is 9.59 Å². The molecule has 0 bridgehead atoms. The first-order valence-electron chi connectivity index (χ1n) is 15.9. The van der Waals surface area contributed by atoms with Crippen molar-refractivity contribution in [3.05, 3.63) is 25.3 Å². The summed E-state index contributed by atoms with van der Waals surface area (Å²) >= 11 is 0. The molecule has 0 aromatic carbocycles. The number of nitrogens with one attached hydrogen (secondary N) is 2. The molecule has 0 saturated heterocycles. The lowest BCUT2D eigenvalue weighted by molar-refractivity contribution is -0.143. The van der Waals surface area contributed by atoms with Crippen molar-refractivity contribution in [3.8, 4) is 0 Å². The van der Waals surface area contributed by atoms with Crippen molar-refractivity contribution in [1.82, 2.24) is 10.6 Å². The fraction of sp³-hybridized carbons (Fsp3) is 0.818. The van der Waals surface area contributed by atoms with Crippen molar-refractivity contribution in [3.63, 3.8) is 0 Å². The molecular formula is C33H62N2O2. The summed E-state index contributed by atoms with van der Waals surface area (Å²) in [6, 6.07) is 0. The minimum Gasteiger partial charge on any atom is -0.355 e. The standard InChI is InChI=1S/C33H62N2O2/c1-5-9-11-13-15-17-19-21-23-25-29-34-31(36)33(27-7-3,28-8-4)32(37)35-30-26-24-22-20-18-16-14-12-10-6-2/h7-8H,3-6,9-30H2,1-2H3,(H,34,36)(H,35,37). The first-order valence-corrected chi connectivity index (χ1v) is 15.9. The van der Waals surface area contributed by atoms with Gasteiger partial charge < -0.3 is 10.6 Å². The Bertz CT molecular complexity index is 523. The molecular weight excluding hydrogens is 456 g/mol. The van der Waals surface area contributed by atoms with Gasteiger partial charge in [-0.25, -0.2) is 0 Å². The number of amides is 2. The molecule has 0 aliphatic rings. The SMILES string of the molecule is C=CCC(CC=C)(C(=O)NCCCCCCCCCCCC)C(=O)NCCCCCCCCCCCC. The molecule has 4 heteroatoms. The van der Waals surface area contributed by atoms with Gasteiger partial charge in [-0.1, -0.05) is 142 Å². The fourth-order valence-electron chi connectivity index (χ4n) is 5.02. The van der Waals surface area contributed by atoms with Gasteiger partial charge >= 0.3 is 0 Å². The number of allylic oxidation sites excluding steroid dienone is 2. The number of hydrogen-bond acceptors (Lipinski definition) is 2. The molecule has 0 saturated carbocycles. The Balaban J connectivity index is 4.25. The van der Waals surface area contributed by atoms with Gasteiger partial charge in [0.25, 0.3) is 0 Å². The van der Waals surface area contributed by atoms with E-state index in [1.165, 1.54) is 103 Å². The molecule has 0 fully saturated rings. The zero-order valence-corrected chi connectivity index (χ0v) is 24.9. The molecule has 216 valence electrons. The Hall–Kier alpha value is -1.58. The molecule has 0 aliphatic heterocycles. The molecule has 0 heterocycles. The van der Waals surface area contributed by atoms with Crippen LogP contribution in [0.5, 0.6) is 0 Å². The molecule has 0 aliphatic carbocycles. The number of carbonyl (C=O) groups is 2. The van der Waals surface area contributed by atoms with Crippen LogP contribution in [0.3, 0.4) is 0 Å². The van der Waals surface area contributed by atoms with E-state index in [1.807, 2.05) is 0 Å². The number of carbonyl (C=O) groups excluding carboxylic acids is 2. The molecule has 0 aromatic rings. The highest BCUT2D eigenvalue weighted by Crippen LogP contribution is 2.29. The molecule has 2 amide bonds. The summed E-state index contributed by atoms with van der Waals surface area (Å²) in [6.07, 6.45) is 29.3. The van der Waals surface area contributed by atoms with E-state index in [2.05, 4.69) is 37.6 Å². The summed E-state index contributed by atoms with van der Waals surface area (Å²) in [7, 11) is 0. The van der Waals surface area contributed by atoms with Crippen molar-refractivity contribution in [1.29, 1.82) is 0 Å². The second kappa shape index (κ2) is 26.0. The summed E-state index contributed by atoms with van der Waals surface area (Å²) in [5.41, 5.74) is -1.14. The molecule has 0 atom stereocenters. The number of hydrogen-bond donors (Lipinski definition) is 2. The highest BCUT2D eigenvalue weighted by atomic mass is 16.2. The van der Waals surface area contributed by atoms with Crippen molar-refractivity contribution in [2.24, 2.45) is 5.41 Å². The van der Waals surface area contributed by atoms with Gasteiger partial charge in [0.05, 0.1) is 0 Å². The van der Waals surface area contributed by atoms with Crippen molar-refractivity contribution < 1.29 is 9.59 Å². The van der Waals surface area contributed by atoms with Crippen LogP contribution >= 0.6 is 0 Å². The van der Waals surface area contributed by atoms with Gasteiger partial charge in [-0.3, -0.25) is 9.59 Å². The van der Waals surface area contributed by atoms with E-state index in [0.29, 0.717) is 25.9 Å². The molecule has 0 radical (unpaired) electrons. The number of rotatable bonds is 28. The van der Waals surface area contributed by atoms with Gasteiger partial charge in [-0.2, -0.15) is 0 Å². The largest absolute Gasteiger partial charge is 0.355 e. The normalized spacial score (nSPS) is 11.3. The van der Waals surface area contributed by atoms with Crippen LogP contribution in [-0.2, 0) is 9.59 Å². The summed E-state index contributed by atoms with van der Waals surface area (Å²) in [6.45, 7) is 13.4. The highest BCUT2D eigenvalue weighted by Gasteiger charge is 2.43. The van der Waals surface area contributed by atoms with E-state index in [-0.39, 0.29) is 11.8 Å². The lowest BCUT2D eigenvalue weighted by Crippen LogP contribution is -2.51. The predicted octanol–water partition coefficient (Wildman–Crippen LogP) is 9.20. The average Bonchev–Trinajstić information content (AvgIpc) is 2.89. The van der Waals surface area contributed by atoms with Crippen molar-refractivity contribution >= 4 is 11.8 Å². The van der Waals surface area contributed by atoms with Gasteiger partial charge in [-0.05, 0) is 25.7 Å². The monoisotopic (exact) mass is 518 g/mol. The third-order valence-corrected chi connectivity index (χ3v) is 7.49. The first kappa shape index (κ1) is 35.4. The van der Waals surface area contributed by atoms with E-state index < -0.39 is 5.41 Å². The topological polar surface area (TPSA) is 58.2 Å². The molecule has 0 aromatic heterocycles. The lowest BCUT2D eigenvalue weighted by Gasteiger charge is -2.29. The van der Waals surface area contributed by atoms with Crippen LogP contribution in [0.2, 0.25) is 0 Å². The maximum Gasteiger partial charge on any atom is 0.236 e. The maximum absolute atomic E-state index is 13.2. The fourth-order valence-corrected chi connectivity index (χ4v) is 5.02. The summed E-state index contributed by atoms with van der Waals surface area (Å²) < 4.78 is 0. The van der Waals surface area contributed by atoms with Crippen LogP contribution in [0.15, 0.2) is 25.3 Å². The van der Waals surface area contributed by atoms with Crippen LogP contribution < -0.4 is 10.6 Å². The maximum atomic E-state index is 13.2. The summed E-state index contributed by atoms with van der Waals surface area (Å²) in [4.78, 5) is 26.4. The Labute approximate surface area is 230 Å². The minimum absolute atomic E-state index is 0.191.